The van der Waals surface area contributed by atoms with Gasteiger partial charge in [0.25, 0.3) is 17.4 Å². The number of nitrogens with zero attached hydrogens (tertiary/aromatic N) is 3. The lowest BCUT2D eigenvalue weighted by Crippen LogP contribution is -2.49. The molecule has 0 saturated carbocycles. The molecule has 1 aliphatic rings. The molecule has 2 aromatic carbocycles. The number of rotatable bonds is 6. The summed E-state index contributed by atoms with van der Waals surface area (Å²) in [5.41, 5.74) is 0.667. The minimum atomic E-state index is -1.00. The number of carbonyl (C=O) groups excluding carboxylic acids is 3. The highest BCUT2D eigenvalue weighted by Gasteiger charge is 2.41. The monoisotopic (exact) mass is 452 g/mol. The van der Waals surface area contributed by atoms with E-state index in [1.165, 1.54) is 11.8 Å². The minimum absolute atomic E-state index is 0.0257. The fourth-order valence-corrected chi connectivity index (χ4v) is 4.05. The molecule has 9 heteroatoms. The molecular weight excluding hydrogens is 432 g/mol. The van der Waals surface area contributed by atoms with Crippen molar-refractivity contribution < 1.29 is 14.4 Å². The van der Waals surface area contributed by atoms with Crippen molar-refractivity contribution in [2.24, 2.45) is 0 Å². The highest BCUT2D eigenvalue weighted by Crippen LogP contribution is 2.25. The summed E-state index contributed by atoms with van der Waals surface area (Å²) in [4.78, 5) is 60.9. The number of hydrogen-bond acceptors (Lipinski definition) is 5. The summed E-state index contributed by atoms with van der Waals surface area (Å²) in [7, 11) is 0. The van der Waals surface area contributed by atoms with Crippen LogP contribution in [0.2, 0.25) is 5.02 Å². The van der Waals surface area contributed by atoms with Gasteiger partial charge in [-0.25, -0.2) is 4.98 Å². The van der Waals surface area contributed by atoms with Crippen molar-refractivity contribution in [1.29, 1.82) is 0 Å². The lowest BCUT2D eigenvalue weighted by atomic mass is 10.1. The molecule has 0 radical (unpaired) electrons. The predicted octanol–water partition coefficient (Wildman–Crippen LogP) is 3.00. The first kappa shape index (κ1) is 21.7. The Hall–Kier alpha value is -3.52. The number of benzene rings is 2. The Bertz CT molecular complexity index is 1270. The molecule has 32 heavy (non-hydrogen) atoms. The lowest BCUT2D eigenvalue weighted by molar-refractivity contribution is -0.135. The highest BCUT2D eigenvalue weighted by atomic mass is 35.5. The van der Waals surface area contributed by atoms with E-state index in [0.29, 0.717) is 34.7 Å². The zero-order valence-corrected chi connectivity index (χ0v) is 18.3. The van der Waals surface area contributed by atoms with Gasteiger partial charge in [0.1, 0.15) is 11.9 Å². The average Bonchev–Trinajstić information content (AvgIpc) is 3.02. The molecule has 2 heterocycles. The summed E-state index contributed by atoms with van der Waals surface area (Å²) in [5, 5.41) is 0.841. The summed E-state index contributed by atoms with van der Waals surface area (Å²) in [6.45, 7) is 3.83. The van der Waals surface area contributed by atoms with Gasteiger partial charge in [0.2, 0.25) is 5.91 Å². The molecule has 1 atom stereocenters. The first-order chi connectivity index (χ1) is 15.3. The van der Waals surface area contributed by atoms with Gasteiger partial charge in [0.05, 0.1) is 28.6 Å². The quantitative estimate of drug-likeness (QED) is 0.579. The van der Waals surface area contributed by atoms with Crippen LogP contribution < -0.4 is 5.56 Å². The number of hydrogen-bond donors (Lipinski definition) is 1. The molecule has 3 amide bonds. The Morgan fingerprint density at radius 1 is 1.12 bits per heavy atom. The number of aromatic amines is 1. The molecular formula is C23H21ClN4O4. The van der Waals surface area contributed by atoms with Crippen LogP contribution in [-0.4, -0.2) is 50.1 Å². The maximum atomic E-state index is 13.3. The van der Waals surface area contributed by atoms with Crippen molar-refractivity contribution in [3.05, 3.63) is 74.8 Å². The summed E-state index contributed by atoms with van der Waals surface area (Å²) >= 11 is 6.02. The molecule has 0 spiro atoms. The van der Waals surface area contributed by atoms with Crippen LogP contribution in [-0.2, 0) is 11.3 Å². The second-order valence-corrected chi connectivity index (χ2v) is 8.07. The second kappa shape index (κ2) is 8.55. The van der Waals surface area contributed by atoms with Crippen molar-refractivity contribution >= 4 is 40.2 Å². The van der Waals surface area contributed by atoms with E-state index in [-0.39, 0.29) is 23.2 Å². The molecule has 1 N–H and O–H groups in total. The van der Waals surface area contributed by atoms with E-state index in [4.69, 9.17) is 11.6 Å². The van der Waals surface area contributed by atoms with Gasteiger partial charge in [0, 0.05) is 11.6 Å². The van der Waals surface area contributed by atoms with Crippen LogP contribution in [0.15, 0.2) is 47.3 Å². The molecule has 164 valence electrons. The molecule has 8 nitrogen and oxygen atoms in total. The summed E-state index contributed by atoms with van der Waals surface area (Å²) in [6.07, 6.45) is 0.643. The Morgan fingerprint density at radius 2 is 1.78 bits per heavy atom. The molecule has 0 saturated heterocycles. The fourth-order valence-electron chi connectivity index (χ4n) is 3.89. The normalized spacial score (nSPS) is 14.0. The smallest absolute Gasteiger partial charge is 0.262 e. The Kier molecular flexibility index (Phi) is 5.80. The average molecular weight is 453 g/mol. The SMILES string of the molecule is CCCN(Cc1nc2cc(Cl)ccc2c(=O)[nH]1)C(=O)C(C)N1C(=O)c2ccccc2C1=O. The van der Waals surface area contributed by atoms with Gasteiger partial charge in [-0.1, -0.05) is 30.7 Å². The van der Waals surface area contributed by atoms with E-state index in [1.54, 1.807) is 42.5 Å². The third-order valence-electron chi connectivity index (χ3n) is 5.43. The number of aromatic nitrogens is 2. The standard InChI is InChI=1S/C23H21ClN4O4/c1-3-10-27(12-19-25-18-11-14(24)8-9-17(18)20(29)26-19)21(30)13(2)28-22(31)15-6-4-5-7-16(15)23(28)32/h4-9,11,13H,3,10,12H2,1-2H3,(H,25,26,29). The molecule has 0 bridgehead atoms. The molecule has 3 aromatic rings. The summed E-state index contributed by atoms with van der Waals surface area (Å²) in [5.74, 6) is -1.10. The Morgan fingerprint density at radius 3 is 2.41 bits per heavy atom. The zero-order valence-electron chi connectivity index (χ0n) is 17.6. The Labute approximate surface area is 188 Å². The summed E-state index contributed by atoms with van der Waals surface area (Å²) in [6, 6.07) is 10.3. The number of halogens is 1. The summed E-state index contributed by atoms with van der Waals surface area (Å²) < 4.78 is 0. The highest BCUT2D eigenvalue weighted by molar-refractivity contribution is 6.31. The molecule has 1 aromatic heterocycles. The van der Waals surface area contributed by atoms with Gasteiger partial charge < -0.3 is 9.88 Å². The maximum Gasteiger partial charge on any atom is 0.262 e. The number of imide groups is 1. The molecule has 1 aliphatic heterocycles. The molecule has 1 unspecified atom stereocenters. The topological polar surface area (TPSA) is 103 Å². The molecule has 4 rings (SSSR count). The van der Waals surface area contributed by atoms with Crippen LogP contribution in [0.3, 0.4) is 0 Å². The van der Waals surface area contributed by atoms with E-state index in [2.05, 4.69) is 9.97 Å². The van der Waals surface area contributed by atoms with Crippen LogP contribution in [0.1, 0.15) is 46.8 Å². The van der Waals surface area contributed by atoms with Gasteiger partial charge in [-0.05, 0) is 43.7 Å². The van der Waals surface area contributed by atoms with E-state index in [1.807, 2.05) is 6.92 Å². The van der Waals surface area contributed by atoms with Crippen molar-refractivity contribution in [2.75, 3.05) is 6.54 Å². The number of H-pyrrole nitrogens is 1. The van der Waals surface area contributed by atoms with Gasteiger partial charge in [-0.15, -0.1) is 0 Å². The third kappa shape index (κ3) is 3.78. The number of amides is 3. The van der Waals surface area contributed by atoms with Crippen LogP contribution in [0.5, 0.6) is 0 Å². The van der Waals surface area contributed by atoms with Crippen molar-refractivity contribution in [3.63, 3.8) is 0 Å². The van der Waals surface area contributed by atoms with E-state index in [9.17, 15) is 19.2 Å². The van der Waals surface area contributed by atoms with Crippen LogP contribution in [0.4, 0.5) is 0 Å². The molecule has 0 aliphatic carbocycles. The first-order valence-electron chi connectivity index (χ1n) is 10.3. The molecule has 0 fully saturated rings. The number of nitrogens with one attached hydrogen (secondary N) is 1. The number of fused-ring (bicyclic) bond motifs is 2. The predicted molar refractivity (Wildman–Crippen MR) is 119 cm³/mol. The first-order valence-corrected chi connectivity index (χ1v) is 10.6. The van der Waals surface area contributed by atoms with Crippen molar-refractivity contribution in [3.8, 4) is 0 Å². The minimum Gasteiger partial charge on any atom is -0.333 e. The largest absolute Gasteiger partial charge is 0.333 e. The van der Waals surface area contributed by atoms with Crippen LogP contribution >= 0.6 is 11.6 Å². The Balaban J connectivity index is 1.61. The zero-order chi connectivity index (χ0) is 23.0. The van der Waals surface area contributed by atoms with Gasteiger partial charge in [0.15, 0.2) is 0 Å². The van der Waals surface area contributed by atoms with Crippen LogP contribution in [0, 0.1) is 0 Å². The van der Waals surface area contributed by atoms with Crippen molar-refractivity contribution in [1.82, 2.24) is 19.8 Å². The fraction of sp³-hybridized carbons (Fsp3) is 0.261. The van der Waals surface area contributed by atoms with Gasteiger partial charge in [-0.2, -0.15) is 0 Å². The van der Waals surface area contributed by atoms with Gasteiger partial charge in [-0.3, -0.25) is 24.1 Å². The maximum absolute atomic E-state index is 13.3. The lowest BCUT2D eigenvalue weighted by Gasteiger charge is -2.29. The van der Waals surface area contributed by atoms with E-state index in [0.717, 1.165) is 4.90 Å². The van der Waals surface area contributed by atoms with Gasteiger partial charge >= 0.3 is 0 Å². The number of carbonyl (C=O) groups is 3. The van der Waals surface area contributed by atoms with Crippen LogP contribution in [0.25, 0.3) is 10.9 Å². The third-order valence-corrected chi connectivity index (χ3v) is 5.67. The van der Waals surface area contributed by atoms with E-state index >= 15 is 0 Å². The van der Waals surface area contributed by atoms with Crippen molar-refractivity contribution in [2.45, 2.75) is 32.9 Å². The second-order valence-electron chi connectivity index (χ2n) is 7.64. The van der Waals surface area contributed by atoms with E-state index < -0.39 is 23.8 Å².